The molecule has 2 aliphatic rings. The summed E-state index contributed by atoms with van der Waals surface area (Å²) in [6, 6.07) is 12.3. The van der Waals surface area contributed by atoms with Crippen LogP contribution in [-0.2, 0) is 32.1 Å². The number of benzene rings is 2. The number of carbonyl (C=O) groups excluding carboxylic acids is 2. The number of hydrogen-bond acceptors (Lipinski definition) is 8. The van der Waals surface area contributed by atoms with E-state index in [2.05, 4.69) is 85.2 Å². The van der Waals surface area contributed by atoms with Crippen molar-refractivity contribution in [1.29, 1.82) is 0 Å². The maximum absolute atomic E-state index is 13.2. The second kappa shape index (κ2) is 17.1. The minimum Gasteiger partial charge on any atom is -0.496 e. The smallest absolute Gasteiger partial charge is 0.419 e. The number of carbonyl (C=O) groups is 2. The lowest BCUT2D eigenvalue weighted by Gasteiger charge is -2.25. The van der Waals surface area contributed by atoms with Crippen LogP contribution in [0.15, 0.2) is 62.2 Å². The van der Waals surface area contributed by atoms with Gasteiger partial charge in [0.25, 0.3) is 11.8 Å². The van der Waals surface area contributed by atoms with Gasteiger partial charge in [-0.1, -0.05) is 0 Å². The second-order valence-corrected chi connectivity index (χ2v) is 14.6. The molecule has 16 heteroatoms. The molecule has 6 rings (SSSR count). The summed E-state index contributed by atoms with van der Waals surface area (Å²) in [4.78, 5) is 38.5. The van der Waals surface area contributed by atoms with Crippen LogP contribution in [-0.4, -0.2) is 72.5 Å². The third kappa shape index (κ3) is 9.69. The van der Waals surface area contributed by atoms with Gasteiger partial charge in [0.05, 0.1) is 35.1 Å². The van der Waals surface area contributed by atoms with E-state index in [-0.39, 0.29) is 17.2 Å². The number of ether oxygens (including phenoxy) is 2. The number of pyridine rings is 2. The van der Waals surface area contributed by atoms with Crippen LogP contribution in [0, 0.1) is 0 Å². The third-order valence-electron chi connectivity index (χ3n) is 8.39. The zero-order chi connectivity index (χ0) is 37.7. The van der Waals surface area contributed by atoms with E-state index in [4.69, 9.17) is 9.47 Å². The molecular weight excluding hydrogens is 877 g/mol. The predicted molar refractivity (Wildman–Crippen MR) is 203 cm³/mol. The van der Waals surface area contributed by atoms with E-state index in [1.807, 2.05) is 20.0 Å². The molecule has 4 aromatic rings. The van der Waals surface area contributed by atoms with Crippen molar-refractivity contribution < 1.29 is 32.2 Å². The van der Waals surface area contributed by atoms with Crippen molar-refractivity contribution in [3.05, 3.63) is 101 Å². The molecule has 52 heavy (non-hydrogen) atoms. The molecule has 10 nitrogen and oxygen atoms in total. The number of alkyl halides is 3. The van der Waals surface area contributed by atoms with E-state index in [1.54, 1.807) is 24.3 Å². The Kier molecular flexibility index (Phi) is 13.0. The van der Waals surface area contributed by atoms with Crippen molar-refractivity contribution in [2.75, 3.05) is 51.5 Å². The molecule has 0 atom stereocenters. The molecule has 2 aliphatic heterocycles. The third-order valence-corrected chi connectivity index (χ3v) is 10.2. The van der Waals surface area contributed by atoms with Crippen molar-refractivity contribution in [3.8, 4) is 11.5 Å². The Hall–Kier alpha value is -3.57. The number of nitrogens with zero attached hydrogens (tertiary/aromatic N) is 4. The Labute approximate surface area is 324 Å². The molecule has 4 heterocycles. The Morgan fingerprint density at radius 1 is 0.788 bits per heavy atom. The molecule has 0 spiro atoms. The molecule has 2 aromatic heterocycles. The van der Waals surface area contributed by atoms with E-state index in [0.717, 1.165) is 84.5 Å². The summed E-state index contributed by atoms with van der Waals surface area (Å²) in [7, 11) is 5.22. The van der Waals surface area contributed by atoms with Gasteiger partial charge >= 0.3 is 6.18 Å². The van der Waals surface area contributed by atoms with Gasteiger partial charge in [0.2, 0.25) is 0 Å². The van der Waals surface area contributed by atoms with Gasteiger partial charge in [0, 0.05) is 61.5 Å². The fourth-order valence-electron chi connectivity index (χ4n) is 5.72. The molecule has 0 bridgehead atoms. The number of methoxy groups -OCH3 is 1. The van der Waals surface area contributed by atoms with Gasteiger partial charge in [-0.3, -0.25) is 9.59 Å². The summed E-state index contributed by atoms with van der Waals surface area (Å²) in [5.74, 6) is -0.456. The lowest BCUT2D eigenvalue weighted by atomic mass is 10.1. The molecular formula is C36H36Br3F3N6O4. The predicted octanol–water partition coefficient (Wildman–Crippen LogP) is 8.36. The molecule has 0 unspecified atom stereocenters. The lowest BCUT2D eigenvalue weighted by Crippen LogP contribution is -2.27. The minimum absolute atomic E-state index is 0.120. The molecule has 2 aromatic carbocycles. The van der Waals surface area contributed by atoms with Gasteiger partial charge in [0.1, 0.15) is 20.7 Å². The highest BCUT2D eigenvalue weighted by Gasteiger charge is 2.35. The summed E-state index contributed by atoms with van der Waals surface area (Å²) in [6.45, 7) is 5.92. The lowest BCUT2D eigenvalue weighted by molar-refractivity contribution is -0.138. The SMILES string of the molecule is CCOc1ccc(C(=O)Nc2cc3c(nc2Br)CCN(C)C3)cc1Br.COc1ccc(C(=O)Nc2cc3c(nc2Br)CCN(C)C3)cc1C(F)(F)F. The van der Waals surface area contributed by atoms with Crippen molar-refractivity contribution >= 4 is 71.0 Å². The van der Waals surface area contributed by atoms with Crippen LogP contribution in [0.5, 0.6) is 11.5 Å². The van der Waals surface area contributed by atoms with Gasteiger partial charge < -0.3 is 29.9 Å². The first kappa shape index (κ1) is 39.6. The Morgan fingerprint density at radius 2 is 1.27 bits per heavy atom. The van der Waals surface area contributed by atoms with E-state index in [9.17, 15) is 22.8 Å². The quantitative estimate of drug-likeness (QED) is 0.178. The maximum atomic E-state index is 13.2. The van der Waals surface area contributed by atoms with E-state index in [1.165, 1.54) is 6.07 Å². The van der Waals surface area contributed by atoms with Gasteiger partial charge in [-0.25, -0.2) is 9.97 Å². The number of nitrogens with one attached hydrogen (secondary N) is 2. The topological polar surface area (TPSA) is 109 Å². The number of fused-ring (bicyclic) bond motifs is 2. The van der Waals surface area contributed by atoms with Crippen molar-refractivity contribution in [1.82, 2.24) is 19.8 Å². The van der Waals surface area contributed by atoms with E-state index >= 15 is 0 Å². The first-order chi connectivity index (χ1) is 24.7. The number of aromatic nitrogens is 2. The number of halogens is 6. The first-order valence-electron chi connectivity index (χ1n) is 16.2. The number of rotatable bonds is 7. The first-order valence-corrected chi connectivity index (χ1v) is 18.6. The highest BCUT2D eigenvalue weighted by Crippen LogP contribution is 2.37. The number of anilines is 2. The number of hydrogen-bond donors (Lipinski definition) is 2. The molecule has 0 aliphatic carbocycles. The second-order valence-electron chi connectivity index (χ2n) is 12.2. The summed E-state index contributed by atoms with van der Waals surface area (Å²) in [6.07, 6.45) is -2.91. The molecule has 2 amide bonds. The Balaban J connectivity index is 0.000000202. The highest BCUT2D eigenvalue weighted by atomic mass is 79.9. The van der Waals surface area contributed by atoms with E-state index in [0.29, 0.717) is 39.3 Å². The van der Waals surface area contributed by atoms with Crippen LogP contribution < -0.4 is 20.1 Å². The minimum atomic E-state index is -4.62. The highest BCUT2D eigenvalue weighted by molar-refractivity contribution is 9.11. The van der Waals surface area contributed by atoms with Gasteiger partial charge in [-0.15, -0.1) is 0 Å². The molecule has 0 fully saturated rings. The van der Waals surface area contributed by atoms with Gasteiger partial charge in [-0.05, 0) is 128 Å². The maximum Gasteiger partial charge on any atom is 0.419 e. The zero-order valence-electron chi connectivity index (χ0n) is 28.8. The molecule has 276 valence electrons. The summed E-state index contributed by atoms with van der Waals surface area (Å²) >= 11 is 10.2. The van der Waals surface area contributed by atoms with Crippen molar-refractivity contribution in [2.24, 2.45) is 0 Å². The molecule has 0 saturated carbocycles. The molecule has 2 N–H and O–H groups in total. The summed E-state index contributed by atoms with van der Waals surface area (Å²) in [5, 5.41) is 5.57. The fraction of sp³-hybridized carbons (Fsp3) is 0.333. The molecule has 0 radical (unpaired) electrons. The van der Waals surface area contributed by atoms with Crippen LogP contribution in [0.2, 0.25) is 0 Å². The summed E-state index contributed by atoms with van der Waals surface area (Å²) < 4.78 is 51.6. The van der Waals surface area contributed by atoms with Crippen LogP contribution in [0.3, 0.4) is 0 Å². The Bertz CT molecular complexity index is 1980. The molecule has 0 saturated heterocycles. The van der Waals surface area contributed by atoms with Crippen LogP contribution in [0.1, 0.15) is 55.7 Å². The number of amides is 2. The fourth-order valence-corrected chi connectivity index (χ4v) is 7.07. The standard InChI is InChI=1S/C18H19Br2N3O2.C18H17BrF3N3O2/c1-3-25-16-5-4-11(8-13(16)19)18(24)22-15-9-12-10-23(2)7-6-14(12)21-17(15)20;1-25-6-5-13-11(9-25)8-14(16(19)23-13)24-17(26)10-3-4-15(27-2)12(7-10)18(20,21)22/h4-5,8-9H,3,6-7,10H2,1-2H3,(H,22,24);3-4,7-8H,5-6,9H2,1-2H3,(H,24,26). The van der Waals surface area contributed by atoms with Crippen LogP contribution in [0.25, 0.3) is 0 Å². The summed E-state index contributed by atoms with van der Waals surface area (Å²) in [5.41, 5.74) is 4.70. The normalized spacial score (nSPS) is 14.3. The monoisotopic (exact) mass is 910 g/mol. The van der Waals surface area contributed by atoms with Crippen molar-refractivity contribution in [3.63, 3.8) is 0 Å². The van der Waals surface area contributed by atoms with Gasteiger partial charge in [0.15, 0.2) is 0 Å². The average Bonchev–Trinajstić information content (AvgIpc) is 3.09. The van der Waals surface area contributed by atoms with E-state index < -0.39 is 17.6 Å². The zero-order valence-corrected chi connectivity index (χ0v) is 33.5. The Morgan fingerprint density at radius 3 is 1.71 bits per heavy atom. The average molecular weight is 913 g/mol. The van der Waals surface area contributed by atoms with Crippen molar-refractivity contribution in [2.45, 2.75) is 39.0 Å². The number of likely N-dealkylation sites (N-methyl/N-ethyl adjacent to an activating group) is 2. The van der Waals surface area contributed by atoms with Crippen LogP contribution >= 0.6 is 47.8 Å². The van der Waals surface area contributed by atoms with Crippen LogP contribution in [0.4, 0.5) is 24.5 Å². The van der Waals surface area contributed by atoms with Gasteiger partial charge in [-0.2, -0.15) is 13.2 Å². The largest absolute Gasteiger partial charge is 0.496 e.